The number of methoxy groups -OCH3 is 2. The Bertz CT molecular complexity index is 1420. The van der Waals surface area contributed by atoms with Crippen molar-refractivity contribution >= 4 is 29.0 Å². The van der Waals surface area contributed by atoms with E-state index in [2.05, 4.69) is 4.90 Å². The van der Waals surface area contributed by atoms with Crippen molar-refractivity contribution in [3.8, 4) is 5.75 Å². The smallest absolute Gasteiger partial charge is 0.416 e. The molecule has 0 radical (unpaired) electrons. The van der Waals surface area contributed by atoms with E-state index in [1.807, 2.05) is 29.2 Å². The fourth-order valence-electron chi connectivity index (χ4n) is 5.10. The van der Waals surface area contributed by atoms with E-state index < -0.39 is 29.6 Å². The maximum atomic E-state index is 14.4. The van der Waals surface area contributed by atoms with Gasteiger partial charge in [-0.15, -0.1) is 0 Å². The molecule has 40 heavy (non-hydrogen) atoms. The lowest BCUT2D eigenvalue weighted by atomic mass is 9.97. The molecule has 0 aliphatic carbocycles. The average Bonchev–Trinajstić information content (AvgIpc) is 2.96. The molecule has 2 aliphatic heterocycles. The van der Waals surface area contributed by atoms with Gasteiger partial charge in [-0.2, -0.15) is 13.2 Å². The number of nitrogens with zero attached hydrogens (tertiary/aromatic N) is 4. The molecule has 3 aromatic rings. The quantitative estimate of drug-likeness (QED) is 0.293. The number of anilines is 2. The molecule has 0 spiro atoms. The predicted molar refractivity (Wildman–Crippen MR) is 144 cm³/mol. The first kappa shape index (κ1) is 27.3. The van der Waals surface area contributed by atoms with Crippen LogP contribution in [-0.2, 0) is 15.7 Å². The number of hydrogen-bond donors (Lipinski definition) is 0. The number of carbonyl (C=O) groups is 1. The van der Waals surface area contributed by atoms with Crippen molar-refractivity contribution in [2.24, 2.45) is 4.99 Å². The Morgan fingerprint density at radius 2 is 1.62 bits per heavy atom. The topological polar surface area (TPSA) is 57.6 Å². The van der Waals surface area contributed by atoms with Crippen molar-refractivity contribution in [1.82, 2.24) is 4.90 Å². The van der Waals surface area contributed by atoms with Crippen LogP contribution in [0.25, 0.3) is 0 Å². The monoisotopic (exact) mass is 556 g/mol. The number of aliphatic imine (C=N–C) groups is 1. The standard InChI is InChI=1S/C29H28F4N4O3/c1-39-23-8-4-6-21(17-23)35-11-13-36(14-12-35)28-34-25-10-9-20(30)16-24(25)26(18-27(38)40-2)37(28)22-7-3-5-19(15-22)29(31,32)33/h3-10,15-17,26H,11-14,18H2,1-2H3. The minimum Gasteiger partial charge on any atom is -0.497 e. The van der Waals surface area contributed by atoms with Gasteiger partial charge in [-0.1, -0.05) is 12.1 Å². The second kappa shape index (κ2) is 11.1. The van der Waals surface area contributed by atoms with E-state index in [4.69, 9.17) is 14.5 Å². The first-order valence-electron chi connectivity index (χ1n) is 12.7. The van der Waals surface area contributed by atoms with E-state index >= 15 is 0 Å². The second-order valence-electron chi connectivity index (χ2n) is 9.50. The van der Waals surface area contributed by atoms with Gasteiger partial charge in [0.2, 0.25) is 5.96 Å². The van der Waals surface area contributed by atoms with E-state index in [1.165, 1.54) is 37.4 Å². The zero-order chi connectivity index (χ0) is 28.4. The molecule has 0 aromatic heterocycles. The summed E-state index contributed by atoms with van der Waals surface area (Å²) in [5.74, 6) is 0.00358. The Labute approximate surface area is 229 Å². The largest absolute Gasteiger partial charge is 0.497 e. The maximum Gasteiger partial charge on any atom is 0.416 e. The van der Waals surface area contributed by atoms with Crippen LogP contribution >= 0.6 is 0 Å². The minimum atomic E-state index is -4.58. The van der Waals surface area contributed by atoms with E-state index in [1.54, 1.807) is 12.0 Å². The van der Waals surface area contributed by atoms with E-state index in [0.29, 0.717) is 43.4 Å². The molecule has 5 rings (SSSR count). The molecule has 1 unspecified atom stereocenters. The van der Waals surface area contributed by atoms with E-state index in [9.17, 15) is 22.4 Å². The van der Waals surface area contributed by atoms with Crippen LogP contribution in [0.2, 0.25) is 0 Å². The number of rotatable bonds is 5. The number of benzene rings is 3. The Morgan fingerprint density at radius 3 is 2.33 bits per heavy atom. The molecule has 0 saturated carbocycles. The van der Waals surface area contributed by atoms with Crippen LogP contribution in [0.4, 0.5) is 34.6 Å². The average molecular weight is 557 g/mol. The van der Waals surface area contributed by atoms with Gasteiger partial charge in [0.15, 0.2) is 0 Å². The molecule has 2 aliphatic rings. The summed E-state index contributed by atoms with van der Waals surface area (Å²) in [6.07, 6.45) is -4.79. The Hall–Kier alpha value is -4.28. The van der Waals surface area contributed by atoms with Crippen LogP contribution in [-0.4, -0.2) is 57.2 Å². The molecule has 2 heterocycles. The summed E-state index contributed by atoms with van der Waals surface area (Å²) >= 11 is 0. The van der Waals surface area contributed by atoms with Gasteiger partial charge in [-0.25, -0.2) is 9.38 Å². The number of alkyl halides is 3. The number of piperazine rings is 1. The first-order chi connectivity index (χ1) is 19.2. The summed E-state index contributed by atoms with van der Waals surface area (Å²) in [5.41, 5.74) is 1.18. The van der Waals surface area contributed by atoms with Gasteiger partial charge in [0.25, 0.3) is 0 Å². The van der Waals surface area contributed by atoms with Crippen LogP contribution < -0.4 is 14.5 Å². The maximum absolute atomic E-state index is 14.4. The highest BCUT2D eigenvalue weighted by molar-refractivity contribution is 6.01. The SMILES string of the molecule is COC(=O)CC1c2cc(F)ccc2N=C(N2CCN(c3cccc(OC)c3)CC2)N1c1cccc(C(F)(F)F)c1. The number of ether oxygens (including phenoxy) is 2. The van der Waals surface area contributed by atoms with Gasteiger partial charge >= 0.3 is 12.1 Å². The van der Waals surface area contributed by atoms with Crippen molar-refractivity contribution in [1.29, 1.82) is 0 Å². The van der Waals surface area contributed by atoms with Gasteiger partial charge in [0.1, 0.15) is 11.6 Å². The van der Waals surface area contributed by atoms with Crippen LogP contribution in [0.1, 0.15) is 23.6 Å². The molecule has 3 aromatic carbocycles. The number of halogens is 4. The first-order valence-corrected chi connectivity index (χ1v) is 12.7. The molecular weight excluding hydrogens is 528 g/mol. The van der Waals surface area contributed by atoms with Crippen molar-refractivity contribution in [2.45, 2.75) is 18.6 Å². The Balaban J connectivity index is 1.55. The van der Waals surface area contributed by atoms with Crippen LogP contribution in [0.15, 0.2) is 71.7 Å². The summed E-state index contributed by atoms with van der Waals surface area (Å²) in [6.45, 7) is 2.24. The predicted octanol–water partition coefficient (Wildman–Crippen LogP) is 5.79. The highest BCUT2D eigenvalue weighted by atomic mass is 19.4. The fraction of sp³-hybridized carbons (Fsp3) is 0.310. The summed E-state index contributed by atoms with van der Waals surface area (Å²) in [5, 5.41) is 0. The van der Waals surface area contributed by atoms with E-state index in [-0.39, 0.29) is 12.1 Å². The van der Waals surface area contributed by atoms with Gasteiger partial charge < -0.3 is 24.2 Å². The molecule has 1 atom stereocenters. The van der Waals surface area contributed by atoms with Gasteiger partial charge in [-0.3, -0.25) is 4.79 Å². The van der Waals surface area contributed by atoms with Gasteiger partial charge in [0, 0.05) is 49.2 Å². The molecule has 210 valence electrons. The molecular formula is C29H28F4N4O3. The number of fused-ring (bicyclic) bond motifs is 1. The van der Waals surface area contributed by atoms with E-state index in [0.717, 1.165) is 23.6 Å². The Kier molecular flexibility index (Phi) is 7.55. The molecule has 0 N–H and O–H groups in total. The molecule has 1 saturated heterocycles. The molecule has 7 nitrogen and oxygen atoms in total. The minimum absolute atomic E-state index is 0.188. The molecule has 11 heteroatoms. The lowest BCUT2D eigenvalue weighted by Crippen LogP contribution is -2.55. The summed E-state index contributed by atoms with van der Waals surface area (Å²) in [7, 11) is 2.84. The highest BCUT2D eigenvalue weighted by Gasteiger charge is 2.38. The number of carbonyl (C=O) groups excluding carboxylic acids is 1. The highest BCUT2D eigenvalue weighted by Crippen LogP contribution is 2.42. The van der Waals surface area contributed by atoms with Crippen LogP contribution in [0.3, 0.4) is 0 Å². The van der Waals surface area contributed by atoms with Gasteiger partial charge in [0.05, 0.1) is 37.9 Å². The third kappa shape index (κ3) is 5.54. The molecule has 0 amide bonds. The number of hydrogen-bond acceptors (Lipinski definition) is 7. The third-order valence-corrected chi connectivity index (χ3v) is 7.12. The summed E-state index contributed by atoms with van der Waals surface area (Å²) in [6, 6.07) is 15.8. The normalized spacial score (nSPS) is 17.3. The number of esters is 1. The van der Waals surface area contributed by atoms with Gasteiger partial charge in [-0.05, 0) is 48.5 Å². The summed E-state index contributed by atoms with van der Waals surface area (Å²) < 4.78 is 65.8. The van der Waals surface area contributed by atoms with Crippen molar-refractivity contribution in [2.75, 3.05) is 50.2 Å². The van der Waals surface area contributed by atoms with Crippen molar-refractivity contribution < 1.29 is 31.8 Å². The molecule has 1 fully saturated rings. The lowest BCUT2D eigenvalue weighted by Gasteiger charge is -2.45. The number of guanidine groups is 1. The molecule has 0 bridgehead atoms. The third-order valence-electron chi connectivity index (χ3n) is 7.12. The second-order valence-corrected chi connectivity index (χ2v) is 9.50. The lowest BCUT2D eigenvalue weighted by molar-refractivity contribution is -0.141. The fourth-order valence-corrected chi connectivity index (χ4v) is 5.10. The van der Waals surface area contributed by atoms with Crippen molar-refractivity contribution in [3.05, 3.63) is 83.7 Å². The van der Waals surface area contributed by atoms with Crippen LogP contribution in [0, 0.1) is 5.82 Å². The zero-order valence-corrected chi connectivity index (χ0v) is 22.0. The van der Waals surface area contributed by atoms with Crippen molar-refractivity contribution in [3.63, 3.8) is 0 Å². The Morgan fingerprint density at radius 1 is 0.925 bits per heavy atom. The zero-order valence-electron chi connectivity index (χ0n) is 22.0. The summed E-state index contributed by atoms with van der Waals surface area (Å²) in [4.78, 5) is 23.1. The van der Waals surface area contributed by atoms with Crippen LogP contribution in [0.5, 0.6) is 5.75 Å².